The lowest BCUT2D eigenvalue weighted by Gasteiger charge is -1.78. The van der Waals surface area contributed by atoms with Gasteiger partial charge in [-0.3, -0.25) is 0 Å². The Morgan fingerprint density at radius 3 is 1.53 bits per heavy atom. The van der Waals surface area contributed by atoms with E-state index in [1.807, 2.05) is 26.0 Å². The fourth-order valence-electron chi connectivity index (χ4n) is 1.62. The molecule has 0 aliphatic rings. The molecule has 0 radical (unpaired) electrons. The van der Waals surface area contributed by atoms with Gasteiger partial charge in [-0.1, -0.05) is 49.6 Å². The highest BCUT2D eigenvalue weighted by Crippen LogP contribution is 1.65. The van der Waals surface area contributed by atoms with Gasteiger partial charge in [0.05, 0.1) is 0 Å². The summed E-state index contributed by atoms with van der Waals surface area (Å²) in [6.07, 6.45) is 11.7. The molecule has 0 saturated carbocycles. The summed E-state index contributed by atoms with van der Waals surface area (Å²) in [5.74, 6) is 0. The van der Waals surface area contributed by atoms with Crippen LogP contribution in [-0.2, 0) is 0 Å². The highest BCUT2D eigenvalue weighted by molar-refractivity contribution is 5.44. The van der Waals surface area contributed by atoms with Crippen LogP contribution in [0.15, 0.2) is 25.3 Å². The summed E-state index contributed by atoms with van der Waals surface area (Å²) in [5, 5.41) is 4.58. The minimum Gasteiger partial charge on any atom is -0.355 e. The Morgan fingerprint density at radius 1 is 0.867 bits per heavy atom. The molecule has 1 aromatic heterocycles. The molecule has 15 heavy (non-hydrogen) atoms. The van der Waals surface area contributed by atoms with Crippen LogP contribution in [-0.4, -0.2) is 4.98 Å². The molecule has 1 nitrogen and oxygen atoms in total. The average molecular weight is 199 g/mol. The van der Waals surface area contributed by atoms with Crippen LogP contribution in [0.25, 0.3) is 24.3 Å². The number of aromatic amines is 1. The van der Waals surface area contributed by atoms with Crippen molar-refractivity contribution in [3.8, 4) is 0 Å². The topological polar surface area (TPSA) is 15.8 Å². The van der Waals surface area contributed by atoms with E-state index in [0.717, 1.165) is 10.7 Å². The van der Waals surface area contributed by atoms with E-state index in [1.54, 1.807) is 12.2 Å². The molecule has 0 bridgehead atoms. The first kappa shape index (κ1) is 11.3. The average Bonchev–Trinajstić information content (AvgIpc) is 2.58. The van der Waals surface area contributed by atoms with Gasteiger partial charge in [-0.15, -0.1) is 0 Å². The second-order valence-corrected chi connectivity index (χ2v) is 3.16. The number of H-pyrrole nitrogens is 1. The minimum absolute atomic E-state index is 1.12. The summed E-state index contributed by atoms with van der Waals surface area (Å²) in [7, 11) is 0. The van der Waals surface area contributed by atoms with Crippen LogP contribution in [0.4, 0.5) is 0 Å². The van der Waals surface area contributed by atoms with E-state index >= 15 is 0 Å². The van der Waals surface area contributed by atoms with Crippen molar-refractivity contribution in [3.05, 3.63) is 46.4 Å². The van der Waals surface area contributed by atoms with Gasteiger partial charge in [0.1, 0.15) is 0 Å². The van der Waals surface area contributed by atoms with Gasteiger partial charge in [-0.2, -0.15) is 0 Å². The summed E-state index contributed by atoms with van der Waals surface area (Å²) < 4.78 is 0. The molecule has 0 spiro atoms. The highest BCUT2D eigenvalue weighted by Gasteiger charge is 1.91. The molecule has 1 rings (SSSR count). The van der Waals surface area contributed by atoms with E-state index in [4.69, 9.17) is 0 Å². The highest BCUT2D eigenvalue weighted by atomic mass is 14.7. The van der Waals surface area contributed by atoms with Crippen molar-refractivity contribution in [2.24, 2.45) is 0 Å². The molecule has 0 aliphatic heterocycles. The van der Waals surface area contributed by atoms with Gasteiger partial charge >= 0.3 is 0 Å². The first-order chi connectivity index (χ1) is 7.28. The Morgan fingerprint density at radius 2 is 1.27 bits per heavy atom. The van der Waals surface area contributed by atoms with Crippen molar-refractivity contribution in [3.63, 3.8) is 0 Å². The van der Waals surface area contributed by atoms with E-state index < -0.39 is 0 Å². The predicted molar refractivity (Wildman–Crippen MR) is 68.9 cm³/mol. The third-order valence-electron chi connectivity index (χ3n) is 2.29. The fourth-order valence-corrected chi connectivity index (χ4v) is 1.62. The molecule has 78 valence electrons. The fraction of sp³-hybridized carbons (Fsp3) is 0.143. The third kappa shape index (κ3) is 2.18. The second-order valence-electron chi connectivity index (χ2n) is 3.16. The summed E-state index contributed by atoms with van der Waals surface area (Å²) in [6.45, 7) is 11.5. The first-order valence-electron chi connectivity index (χ1n) is 5.04. The molecule has 1 heteroatoms. The molecular formula is C14H17N. The zero-order valence-corrected chi connectivity index (χ0v) is 9.38. The zero-order valence-electron chi connectivity index (χ0n) is 9.38. The molecule has 0 aromatic carbocycles. The van der Waals surface area contributed by atoms with E-state index in [9.17, 15) is 0 Å². The quantitative estimate of drug-likeness (QED) is 0.716. The van der Waals surface area contributed by atoms with Gasteiger partial charge in [-0.25, -0.2) is 0 Å². The van der Waals surface area contributed by atoms with Gasteiger partial charge < -0.3 is 4.98 Å². The monoisotopic (exact) mass is 199 g/mol. The molecule has 1 heterocycles. The van der Waals surface area contributed by atoms with Crippen LogP contribution in [0.2, 0.25) is 0 Å². The van der Waals surface area contributed by atoms with Crippen molar-refractivity contribution in [2.75, 3.05) is 0 Å². The van der Waals surface area contributed by atoms with E-state index in [0.29, 0.717) is 0 Å². The number of allylic oxidation sites excluding steroid dienone is 2. The van der Waals surface area contributed by atoms with Crippen LogP contribution >= 0.6 is 0 Å². The Hall–Kier alpha value is -1.76. The largest absolute Gasteiger partial charge is 0.355 e. The van der Waals surface area contributed by atoms with Gasteiger partial charge in [0.15, 0.2) is 0 Å². The lowest BCUT2D eigenvalue weighted by Crippen LogP contribution is -2.37. The maximum absolute atomic E-state index is 3.73. The van der Waals surface area contributed by atoms with Gasteiger partial charge in [0.25, 0.3) is 0 Å². The van der Waals surface area contributed by atoms with Crippen molar-refractivity contribution in [1.29, 1.82) is 0 Å². The van der Waals surface area contributed by atoms with Gasteiger partial charge in [0.2, 0.25) is 0 Å². The van der Waals surface area contributed by atoms with Crippen LogP contribution in [0.3, 0.4) is 0 Å². The molecule has 0 saturated heterocycles. The van der Waals surface area contributed by atoms with E-state index in [-0.39, 0.29) is 0 Å². The molecule has 0 atom stereocenters. The molecule has 1 aromatic rings. The van der Waals surface area contributed by atoms with E-state index in [1.165, 1.54) is 10.4 Å². The Balaban J connectivity index is 4.00. The molecule has 0 amide bonds. The molecule has 0 aliphatic carbocycles. The van der Waals surface area contributed by atoms with Crippen LogP contribution in [0, 0.1) is 0 Å². The summed E-state index contributed by atoms with van der Waals surface area (Å²) in [4.78, 5) is 3.35. The molecular weight excluding hydrogens is 182 g/mol. The van der Waals surface area contributed by atoms with Crippen LogP contribution in [0.5, 0.6) is 0 Å². The lowest BCUT2D eigenvalue weighted by atomic mass is 10.2. The van der Waals surface area contributed by atoms with Crippen molar-refractivity contribution in [2.45, 2.75) is 13.8 Å². The van der Waals surface area contributed by atoms with Gasteiger partial charge in [0, 0.05) is 21.1 Å². The number of nitrogens with one attached hydrogen (secondary N) is 1. The predicted octanol–water partition coefficient (Wildman–Crippen LogP) is 0.549. The molecule has 0 unspecified atom stereocenters. The maximum atomic E-state index is 3.73. The third-order valence-corrected chi connectivity index (χ3v) is 2.29. The van der Waals surface area contributed by atoms with Crippen LogP contribution < -0.4 is 21.1 Å². The van der Waals surface area contributed by atoms with Crippen molar-refractivity contribution in [1.82, 2.24) is 4.98 Å². The number of rotatable bonds is 2. The molecule has 0 fully saturated rings. The Labute approximate surface area is 90.2 Å². The van der Waals surface area contributed by atoms with Crippen LogP contribution in [0.1, 0.15) is 13.8 Å². The Kier molecular flexibility index (Phi) is 3.92. The van der Waals surface area contributed by atoms with Crippen molar-refractivity contribution < 1.29 is 0 Å². The smallest absolute Gasteiger partial charge is 0.0421 e. The maximum Gasteiger partial charge on any atom is 0.0421 e. The van der Waals surface area contributed by atoms with Gasteiger partial charge in [-0.05, 0) is 13.8 Å². The normalized spacial score (nSPS) is 16.1. The van der Waals surface area contributed by atoms with E-state index in [2.05, 4.69) is 30.3 Å². The lowest BCUT2D eigenvalue weighted by molar-refractivity contribution is 1.25. The summed E-state index contributed by atoms with van der Waals surface area (Å²) in [6, 6.07) is 0. The Bertz CT molecular complexity index is 530. The summed E-state index contributed by atoms with van der Waals surface area (Å²) in [5.41, 5.74) is 0. The number of aromatic nitrogens is 1. The number of hydrogen-bond acceptors (Lipinski definition) is 0. The minimum atomic E-state index is 1.12. The SMILES string of the molecule is C=C/C=c1/c(=C/C=C)/c(=C\C)[nH]/c1=C/C. The first-order valence-corrected chi connectivity index (χ1v) is 5.04. The molecule has 1 N–H and O–H groups in total. The standard InChI is InChI=1S/C14H17N/c1-5-9-11-12(10-6-2)14(8-4)15-13(11)7-3/h5-10,15H,1-2H2,3-4H3/b11-9-,12-10-,13-7+,14-8+. The number of hydrogen-bond donors (Lipinski definition) is 1. The van der Waals surface area contributed by atoms with Crippen molar-refractivity contribution >= 4 is 24.3 Å². The second kappa shape index (κ2) is 5.20. The zero-order chi connectivity index (χ0) is 11.3. The summed E-state index contributed by atoms with van der Waals surface area (Å²) >= 11 is 0.